The second-order valence-corrected chi connectivity index (χ2v) is 8.44. The van der Waals surface area contributed by atoms with Crippen LogP contribution in [0.25, 0.3) is 0 Å². The first kappa shape index (κ1) is 19.8. The SMILES string of the molecule is CCOC(=O)[C@@H]1CS[C@@]2(C(=O)N(C)c3ccccc32)N1C(=O)c1ccc(Cl)cc1. The van der Waals surface area contributed by atoms with Gasteiger partial charge in [0, 0.05) is 29.0 Å². The number of thioether (sulfide) groups is 1. The molecule has 0 bridgehead atoms. The van der Waals surface area contributed by atoms with Crippen molar-refractivity contribution in [2.75, 3.05) is 24.3 Å². The van der Waals surface area contributed by atoms with Crippen molar-refractivity contribution in [2.45, 2.75) is 17.8 Å². The van der Waals surface area contributed by atoms with Crippen molar-refractivity contribution in [1.29, 1.82) is 0 Å². The van der Waals surface area contributed by atoms with E-state index in [0.29, 0.717) is 16.1 Å². The number of halogens is 1. The van der Waals surface area contributed by atoms with Gasteiger partial charge >= 0.3 is 5.97 Å². The summed E-state index contributed by atoms with van der Waals surface area (Å²) in [7, 11) is 1.68. The van der Waals surface area contributed by atoms with Crippen molar-refractivity contribution in [3.05, 3.63) is 64.7 Å². The van der Waals surface area contributed by atoms with Gasteiger partial charge in [-0.2, -0.15) is 0 Å². The minimum Gasteiger partial charge on any atom is -0.464 e. The van der Waals surface area contributed by atoms with Crippen molar-refractivity contribution in [1.82, 2.24) is 4.90 Å². The molecule has 0 radical (unpaired) electrons. The molecule has 0 saturated carbocycles. The van der Waals surface area contributed by atoms with E-state index >= 15 is 0 Å². The molecule has 2 amide bonds. The third kappa shape index (κ3) is 2.91. The molecule has 1 spiro atoms. The first-order valence-electron chi connectivity index (χ1n) is 9.19. The molecule has 0 unspecified atom stereocenters. The van der Waals surface area contributed by atoms with Crippen LogP contribution < -0.4 is 4.90 Å². The van der Waals surface area contributed by atoms with Gasteiger partial charge in [-0.15, -0.1) is 11.8 Å². The Morgan fingerprint density at radius 3 is 2.59 bits per heavy atom. The molecule has 0 aliphatic carbocycles. The highest BCUT2D eigenvalue weighted by molar-refractivity contribution is 8.01. The van der Waals surface area contributed by atoms with Crippen LogP contribution in [-0.4, -0.2) is 48.1 Å². The standard InChI is InChI=1S/C21H19ClN2O4S/c1-3-28-19(26)17-12-29-21(15-6-4-5-7-16(15)23(2)20(21)27)24(17)18(25)13-8-10-14(22)11-9-13/h4-11,17H,3,12H2,1-2H3/t17-,21-/m0/s1. The van der Waals surface area contributed by atoms with Crippen molar-refractivity contribution in [3.63, 3.8) is 0 Å². The lowest BCUT2D eigenvalue weighted by molar-refractivity contribution is -0.148. The molecule has 2 aliphatic rings. The molecule has 150 valence electrons. The van der Waals surface area contributed by atoms with E-state index in [4.69, 9.17) is 16.3 Å². The van der Waals surface area contributed by atoms with Gasteiger partial charge in [0.15, 0.2) is 4.87 Å². The number of carbonyl (C=O) groups excluding carboxylic acids is 3. The van der Waals surface area contributed by atoms with Crippen molar-refractivity contribution in [2.24, 2.45) is 0 Å². The summed E-state index contributed by atoms with van der Waals surface area (Å²) in [5.74, 6) is -0.911. The van der Waals surface area contributed by atoms with E-state index in [9.17, 15) is 14.4 Å². The van der Waals surface area contributed by atoms with Crippen LogP contribution in [0.2, 0.25) is 5.02 Å². The second-order valence-electron chi connectivity index (χ2n) is 6.79. The smallest absolute Gasteiger partial charge is 0.329 e. The molecule has 2 aliphatic heterocycles. The predicted molar refractivity (Wildman–Crippen MR) is 112 cm³/mol. The molecule has 2 heterocycles. The topological polar surface area (TPSA) is 66.9 Å². The fourth-order valence-electron chi connectivity index (χ4n) is 3.87. The number of carbonyl (C=O) groups is 3. The van der Waals surface area contributed by atoms with Gasteiger partial charge in [-0.3, -0.25) is 14.5 Å². The maximum Gasteiger partial charge on any atom is 0.329 e. The summed E-state index contributed by atoms with van der Waals surface area (Å²) in [6, 6.07) is 12.9. The van der Waals surface area contributed by atoms with Crippen LogP contribution in [0.15, 0.2) is 48.5 Å². The zero-order valence-electron chi connectivity index (χ0n) is 15.9. The highest BCUT2D eigenvalue weighted by Gasteiger charge is 2.63. The number of para-hydroxylation sites is 1. The number of ether oxygens (including phenoxy) is 1. The van der Waals surface area contributed by atoms with E-state index in [1.165, 1.54) is 21.6 Å². The van der Waals surface area contributed by atoms with Gasteiger partial charge in [-0.05, 0) is 37.3 Å². The molecule has 2 atom stereocenters. The summed E-state index contributed by atoms with van der Waals surface area (Å²) < 4.78 is 5.22. The Kier molecular flexibility index (Phi) is 5.04. The Bertz CT molecular complexity index is 996. The normalized spacial score (nSPS) is 22.9. The Balaban J connectivity index is 1.87. The first-order valence-corrected chi connectivity index (χ1v) is 10.6. The minimum atomic E-state index is -1.31. The van der Waals surface area contributed by atoms with E-state index in [1.807, 2.05) is 24.3 Å². The number of hydrogen-bond acceptors (Lipinski definition) is 5. The van der Waals surface area contributed by atoms with E-state index in [0.717, 1.165) is 5.69 Å². The lowest BCUT2D eigenvalue weighted by Gasteiger charge is -2.35. The molecule has 2 aromatic rings. The number of benzene rings is 2. The molecule has 6 nitrogen and oxygen atoms in total. The Morgan fingerprint density at radius 2 is 1.90 bits per heavy atom. The van der Waals surface area contributed by atoms with Gasteiger partial charge in [0.05, 0.1) is 12.3 Å². The Morgan fingerprint density at radius 1 is 1.21 bits per heavy atom. The van der Waals surface area contributed by atoms with E-state index in [-0.39, 0.29) is 18.3 Å². The number of rotatable bonds is 3. The fraction of sp³-hybridized carbons (Fsp3) is 0.286. The maximum absolute atomic E-state index is 13.6. The zero-order chi connectivity index (χ0) is 20.8. The largest absolute Gasteiger partial charge is 0.464 e. The molecule has 0 N–H and O–H groups in total. The molecular weight excluding hydrogens is 412 g/mol. The van der Waals surface area contributed by atoms with Gasteiger partial charge in [-0.25, -0.2) is 4.79 Å². The average Bonchev–Trinajstić information content (AvgIpc) is 3.22. The van der Waals surface area contributed by atoms with Crippen molar-refractivity contribution >= 4 is 46.8 Å². The van der Waals surface area contributed by atoms with Gasteiger partial charge in [-0.1, -0.05) is 29.8 Å². The lowest BCUT2D eigenvalue weighted by atomic mass is 10.0. The molecule has 29 heavy (non-hydrogen) atoms. The van der Waals surface area contributed by atoms with Crippen LogP contribution >= 0.6 is 23.4 Å². The molecule has 2 aromatic carbocycles. The Hall–Kier alpha value is -2.51. The summed E-state index contributed by atoms with van der Waals surface area (Å²) in [6.07, 6.45) is 0. The quantitative estimate of drug-likeness (QED) is 0.699. The number of anilines is 1. The Labute approximate surface area is 177 Å². The summed E-state index contributed by atoms with van der Waals surface area (Å²) in [5.41, 5.74) is 1.78. The number of amides is 2. The van der Waals surface area contributed by atoms with Crippen LogP contribution in [0.4, 0.5) is 5.69 Å². The molecule has 0 aromatic heterocycles. The van der Waals surface area contributed by atoms with E-state index in [1.54, 1.807) is 38.2 Å². The van der Waals surface area contributed by atoms with Crippen LogP contribution in [-0.2, 0) is 19.2 Å². The average molecular weight is 431 g/mol. The second kappa shape index (κ2) is 7.39. The van der Waals surface area contributed by atoms with Crippen molar-refractivity contribution in [3.8, 4) is 0 Å². The molecular formula is C21H19ClN2O4S. The van der Waals surface area contributed by atoms with Gasteiger partial charge in [0.25, 0.3) is 11.8 Å². The number of likely N-dealkylation sites (N-methyl/N-ethyl adjacent to an activating group) is 1. The minimum absolute atomic E-state index is 0.195. The highest BCUT2D eigenvalue weighted by Crippen LogP contribution is 2.55. The molecule has 8 heteroatoms. The summed E-state index contributed by atoms with van der Waals surface area (Å²) >= 11 is 7.25. The first-order chi connectivity index (χ1) is 13.9. The molecule has 1 fully saturated rings. The van der Waals surface area contributed by atoms with Crippen LogP contribution in [0, 0.1) is 0 Å². The van der Waals surface area contributed by atoms with E-state index < -0.39 is 22.8 Å². The summed E-state index contributed by atoms with van der Waals surface area (Å²) in [5, 5.41) is 0.496. The van der Waals surface area contributed by atoms with Gasteiger partial charge < -0.3 is 9.64 Å². The lowest BCUT2D eigenvalue weighted by Crippen LogP contribution is -2.55. The molecule has 1 saturated heterocycles. The highest BCUT2D eigenvalue weighted by atomic mass is 35.5. The van der Waals surface area contributed by atoms with Crippen LogP contribution in [0.3, 0.4) is 0 Å². The fourth-order valence-corrected chi connectivity index (χ4v) is 5.62. The number of hydrogen-bond donors (Lipinski definition) is 0. The molecule has 4 rings (SSSR count). The maximum atomic E-state index is 13.6. The third-order valence-electron chi connectivity index (χ3n) is 5.19. The van der Waals surface area contributed by atoms with E-state index in [2.05, 4.69) is 0 Å². The van der Waals surface area contributed by atoms with Crippen LogP contribution in [0.1, 0.15) is 22.8 Å². The number of esters is 1. The van der Waals surface area contributed by atoms with Crippen LogP contribution in [0.5, 0.6) is 0 Å². The number of fused-ring (bicyclic) bond motifs is 2. The van der Waals surface area contributed by atoms with Gasteiger partial charge in [0.2, 0.25) is 0 Å². The van der Waals surface area contributed by atoms with Gasteiger partial charge in [0.1, 0.15) is 6.04 Å². The third-order valence-corrected chi connectivity index (χ3v) is 6.94. The number of nitrogens with zero attached hydrogens (tertiary/aromatic N) is 2. The zero-order valence-corrected chi connectivity index (χ0v) is 17.5. The summed E-state index contributed by atoms with van der Waals surface area (Å²) in [4.78, 5) is 41.4. The summed E-state index contributed by atoms with van der Waals surface area (Å²) in [6.45, 7) is 1.91. The predicted octanol–water partition coefficient (Wildman–Crippen LogP) is 3.29. The monoisotopic (exact) mass is 430 g/mol. The van der Waals surface area contributed by atoms with Crippen molar-refractivity contribution < 1.29 is 19.1 Å².